The Morgan fingerprint density at radius 1 is 1.39 bits per heavy atom. The number of thiazole rings is 1. The summed E-state index contributed by atoms with van der Waals surface area (Å²) in [5.41, 5.74) is 1.85. The summed E-state index contributed by atoms with van der Waals surface area (Å²) < 4.78 is 5.75. The van der Waals surface area contributed by atoms with Gasteiger partial charge in [-0.1, -0.05) is 0 Å². The van der Waals surface area contributed by atoms with Crippen molar-refractivity contribution in [1.29, 1.82) is 0 Å². The van der Waals surface area contributed by atoms with Crippen LogP contribution in [0.4, 0.5) is 0 Å². The summed E-state index contributed by atoms with van der Waals surface area (Å²) in [7, 11) is 0. The summed E-state index contributed by atoms with van der Waals surface area (Å²) in [5.74, 6) is 0.755. The molecule has 3 rings (SSSR count). The zero-order valence-electron chi connectivity index (χ0n) is 13.6. The van der Waals surface area contributed by atoms with Crippen LogP contribution < -0.4 is 0 Å². The molecule has 0 N–H and O–H groups in total. The lowest BCUT2D eigenvalue weighted by Crippen LogP contribution is -2.43. The highest BCUT2D eigenvalue weighted by Gasteiger charge is 2.27. The molecule has 1 saturated heterocycles. The normalized spacial score (nSPS) is 18.2. The van der Waals surface area contributed by atoms with Crippen molar-refractivity contribution in [2.24, 2.45) is 0 Å². The molecular weight excluding hydrogens is 312 g/mol. The Morgan fingerprint density at radius 3 is 2.91 bits per heavy atom. The maximum absolute atomic E-state index is 12.6. The quantitative estimate of drug-likeness (QED) is 0.860. The molecule has 0 unspecified atom stereocenters. The molecule has 1 aliphatic heterocycles. The lowest BCUT2D eigenvalue weighted by molar-refractivity contribution is -0.138. The van der Waals surface area contributed by atoms with Crippen molar-refractivity contribution in [2.75, 3.05) is 19.7 Å². The van der Waals surface area contributed by atoms with Gasteiger partial charge in [0.25, 0.3) is 0 Å². The molecule has 0 radical (unpaired) electrons. The van der Waals surface area contributed by atoms with Gasteiger partial charge in [-0.05, 0) is 26.8 Å². The van der Waals surface area contributed by atoms with Crippen LogP contribution in [0.5, 0.6) is 0 Å². The summed E-state index contributed by atoms with van der Waals surface area (Å²) in [6.07, 6.45) is 1.88. The van der Waals surface area contributed by atoms with Gasteiger partial charge in [0.05, 0.1) is 30.3 Å². The second-order valence-corrected chi connectivity index (χ2v) is 6.96. The van der Waals surface area contributed by atoms with Crippen LogP contribution in [0.2, 0.25) is 0 Å². The van der Waals surface area contributed by atoms with Gasteiger partial charge in [-0.15, -0.1) is 11.3 Å². The lowest BCUT2D eigenvalue weighted by Gasteiger charge is -2.32. The van der Waals surface area contributed by atoms with E-state index in [1.54, 1.807) is 17.5 Å². The number of aromatic nitrogens is 3. The van der Waals surface area contributed by atoms with Crippen molar-refractivity contribution in [1.82, 2.24) is 19.9 Å². The molecule has 3 heterocycles. The van der Waals surface area contributed by atoms with Crippen LogP contribution >= 0.6 is 11.3 Å². The number of carbonyl (C=O) groups is 1. The molecular formula is C16H20N4O2S. The average Bonchev–Trinajstić information content (AvgIpc) is 2.85. The van der Waals surface area contributed by atoms with E-state index in [1.165, 1.54) is 0 Å². The topological polar surface area (TPSA) is 68.2 Å². The molecule has 1 amide bonds. The van der Waals surface area contributed by atoms with Gasteiger partial charge in [0, 0.05) is 23.3 Å². The van der Waals surface area contributed by atoms with Gasteiger partial charge in [0.15, 0.2) is 5.82 Å². The SMILES string of the molecule is Cc1ccnc([C@@H]2CN(C(=O)Cc3sc(C)nc3C)CCO2)n1. The molecule has 23 heavy (non-hydrogen) atoms. The van der Waals surface area contributed by atoms with E-state index in [0.29, 0.717) is 31.9 Å². The third-order valence-corrected chi connectivity index (χ3v) is 4.90. The Kier molecular flexibility index (Phi) is 4.68. The van der Waals surface area contributed by atoms with Crippen LogP contribution in [0, 0.1) is 20.8 Å². The third kappa shape index (κ3) is 3.73. The Hall–Kier alpha value is -1.86. The van der Waals surface area contributed by atoms with Crippen molar-refractivity contribution in [3.8, 4) is 0 Å². The highest BCUT2D eigenvalue weighted by molar-refractivity contribution is 7.11. The number of ether oxygens (including phenoxy) is 1. The van der Waals surface area contributed by atoms with Gasteiger partial charge in [-0.3, -0.25) is 4.79 Å². The largest absolute Gasteiger partial charge is 0.367 e. The first-order valence-corrected chi connectivity index (χ1v) is 8.46. The minimum atomic E-state index is -0.253. The monoisotopic (exact) mass is 332 g/mol. The van der Waals surface area contributed by atoms with Crippen LogP contribution in [0.25, 0.3) is 0 Å². The Balaban J connectivity index is 1.68. The lowest BCUT2D eigenvalue weighted by atomic mass is 10.2. The molecule has 0 spiro atoms. The fourth-order valence-electron chi connectivity index (χ4n) is 2.64. The molecule has 0 saturated carbocycles. The highest BCUT2D eigenvalue weighted by atomic mass is 32.1. The molecule has 122 valence electrons. The molecule has 2 aromatic heterocycles. The van der Waals surface area contributed by atoms with Gasteiger partial charge in [0.2, 0.25) is 5.91 Å². The Morgan fingerprint density at radius 2 is 2.22 bits per heavy atom. The van der Waals surface area contributed by atoms with Gasteiger partial charge in [-0.2, -0.15) is 0 Å². The van der Waals surface area contributed by atoms with Crippen molar-refractivity contribution in [2.45, 2.75) is 33.3 Å². The summed E-state index contributed by atoms with van der Waals surface area (Å²) in [4.78, 5) is 28.5. The van der Waals surface area contributed by atoms with Gasteiger partial charge >= 0.3 is 0 Å². The van der Waals surface area contributed by atoms with E-state index in [0.717, 1.165) is 21.3 Å². The molecule has 2 aromatic rings. The zero-order chi connectivity index (χ0) is 16.4. The number of rotatable bonds is 3. The van der Waals surface area contributed by atoms with E-state index in [-0.39, 0.29) is 12.0 Å². The predicted octanol–water partition coefficient (Wildman–Crippen LogP) is 2.00. The van der Waals surface area contributed by atoms with Crippen LogP contribution in [0.3, 0.4) is 0 Å². The maximum atomic E-state index is 12.6. The standard InChI is InChI=1S/C16H20N4O2S/c1-10-4-5-17-16(18-10)13-9-20(6-7-22-13)15(21)8-14-11(2)19-12(3)23-14/h4-5,13H,6-9H2,1-3H3/t13-/m0/s1. The number of nitrogens with zero attached hydrogens (tertiary/aromatic N) is 4. The molecule has 0 aromatic carbocycles. The summed E-state index contributed by atoms with van der Waals surface area (Å²) in [6.45, 7) is 7.46. The predicted molar refractivity (Wildman–Crippen MR) is 87.3 cm³/mol. The first-order chi connectivity index (χ1) is 11.0. The van der Waals surface area contributed by atoms with E-state index in [9.17, 15) is 4.79 Å². The number of carbonyl (C=O) groups excluding carboxylic acids is 1. The van der Waals surface area contributed by atoms with Gasteiger partial charge in [0.1, 0.15) is 6.10 Å². The van der Waals surface area contributed by atoms with Crippen LogP contribution in [-0.4, -0.2) is 45.5 Å². The molecule has 6 nitrogen and oxygen atoms in total. The summed E-state index contributed by atoms with van der Waals surface area (Å²) >= 11 is 1.59. The Bertz CT molecular complexity index is 716. The second kappa shape index (κ2) is 6.72. The van der Waals surface area contributed by atoms with E-state index in [4.69, 9.17) is 4.74 Å². The zero-order valence-corrected chi connectivity index (χ0v) is 14.4. The van der Waals surface area contributed by atoms with Crippen molar-refractivity contribution in [3.05, 3.63) is 39.4 Å². The molecule has 0 aliphatic carbocycles. The van der Waals surface area contributed by atoms with Crippen LogP contribution in [0.15, 0.2) is 12.3 Å². The first kappa shape index (κ1) is 16.0. The number of amides is 1. The minimum absolute atomic E-state index is 0.109. The highest BCUT2D eigenvalue weighted by Crippen LogP contribution is 2.22. The second-order valence-electron chi connectivity index (χ2n) is 5.67. The maximum Gasteiger partial charge on any atom is 0.228 e. The number of hydrogen-bond acceptors (Lipinski definition) is 6. The van der Waals surface area contributed by atoms with Gasteiger partial charge in [-0.25, -0.2) is 15.0 Å². The minimum Gasteiger partial charge on any atom is -0.367 e. The van der Waals surface area contributed by atoms with Crippen LogP contribution in [-0.2, 0) is 16.0 Å². The number of hydrogen-bond donors (Lipinski definition) is 0. The van der Waals surface area contributed by atoms with E-state index >= 15 is 0 Å². The molecule has 0 bridgehead atoms. The number of morpholine rings is 1. The molecule has 1 fully saturated rings. The summed E-state index contributed by atoms with van der Waals surface area (Å²) in [6, 6.07) is 1.85. The molecule has 1 atom stereocenters. The van der Waals surface area contributed by atoms with E-state index in [2.05, 4.69) is 15.0 Å². The first-order valence-electron chi connectivity index (χ1n) is 7.65. The fourth-order valence-corrected chi connectivity index (χ4v) is 3.57. The smallest absolute Gasteiger partial charge is 0.228 e. The fraction of sp³-hybridized carbons (Fsp3) is 0.500. The van der Waals surface area contributed by atoms with E-state index in [1.807, 2.05) is 31.7 Å². The Labute approximate surface area is 139 Å². The van der Waals surface area contributed by atoms with Crippen molar-refractivity contribution >= 4 is 17.2 Å². The van der Waals surface area contributed by atoms with E-state index < -0.39 is 0 Å². The molecule has 7 heteroatoms. The van der Waals surface area contributed by atoms with Crippen molar-refractivity contribution in [3.63, 3.8) is 0 Å². The third-order valence-electron chi connectivity index (χ3n) is 3.83. The van der Waals surface area contributed by atoms with Crippen molar-refractivity contribution < 1.29 is 9.53 Å². The summed E-state index contributed by atoms with van der Waals surface area (Å²) in [5, 5.41) is 0.998. The average molecular weight is 332 g/mol. The van der Waals surface area contributed by atoms with Crippen LogP contribution in [0.1, 0.15) is 33.2 Å². The van der Waals surface area contributed by atoms with Gasteiger partial charge < -0.3 is 9.64 Å². The number of aryl methyl sites for hydroxylation is 3. The molecule has 1 aliphatic rings.